The summed E-state index contributed by atoms with van der Waals surface area (Å²) < 4.78 is 0. The summed E-state index contributed by atoms with van der Waals surface area (Å²) in [7, 11) is 0. The highest BCUT2D eigenvalue weighted by Crippen LogP contribution is 2.28. The monoisotopic (exact) mass is 285 g/mol. The lowest BCUT2D eigenvalue weighted by Crippen LogP contribution is -2.55. The van der Waals surface area contributed by atoms with Crippen molar-refractivity contribution in [1.29, 1.82) is 0 Å². The van der Waals surface area contributed by atoms with E-state index >= 15 is 0 Å². The Bertz CT molecular complexity index is 416. The summed E-state index contributed by atoms with van der Waals surface area (Å²) in [6, 6.07) is -0.517. The fraction of sp³-hybridized carbons (Fsp3) is 0.769. The van der Waals surface area contributed by atoms with Crippen LogP contribution in [0.15, 0.2) is 0 Å². The molecule has 0 aromatic carbocycles. The van der Waals surface area contributed by atoms with Crippen LogP contribution in [-0.4, -0.2) is 52.1 Å². The zero-order valence-corrected chi connectivity index (χ0v) is 12.4. The third-order valence-corrected chi connectivity index (χ3v) is 3.26. The van der Waals surface area contributed by atoms with Crippen LogP contribution in [0.25, 0.3) is 0 Å². The Morgan fingerprint density at radius 2 is 1.90 bits per heavy atom. The average molecular weight is 285 g/mol. The van der Waals surface area contributed by atoms with Gasteiger partial charge in [0.25, 0.3) is 0 Å². The average Bonchev–Trinajstić information content (AvgIpc) is 2.67. The zero-order valence-electron chi connectivity index (χ0n) is 12.4. The molecule has 1 fully saturated rings. The molecule has 0 bridgehead atoms. The number of hydrogen-bond acceptors (Lipinski definition) is 3. The van der Waals surface area contributed by atoms with Gasteiger partial charge >= 0.3 is 12.0 Å². The molecule has 1 unspecified atom stereocenters. The maximum absolute atomic E-state index is 12.0. The lowest BCUT2D eigenvalue weighted by molar-refractivity contribution is -0.147. The van der Waals surface area contributed by atoms with Crippen LogP contribution >= 0.6 is 0 Å². The minimum Gasteiger partial charge on any atom is -0.480 e. The summed E-state index contributed by atoms with van der Waals surface area (Å²) in [6.45, 7) is 7.27. The van der Waals surface area contributed by atoms with Gasteiger partial charge in [-0.25, -0.2) is 9.59 Å². The van der Waals surface area contributed by atoms with Gasteiger partial charge in [-0.3, -0.25) is 4.79 Å². The molecule has 1 saturated heterocycles. The van der Waals surface area contributed by atoms with Crippen molar-refractivity contribution in [2.24, 2.45) is 0 Å². The van der Waals surface area contributed by atoms with Crippen LogP contribution in [0.4, 0.5) is 4.79 Å². The number of hydrogen-bond donors (Lipinski definition) is 3. The summed E-state index contributed by atoms with van der Waals surface area (Å²) in [5, 5.41) is 14.4. The van der Waals surface area contributed by atoms with Crippen molar-refractivity contribution >= 4 is 17.9 Å². The lowest BCUT2D eigenvalue weighted by atomic mass is 10.00. The smallest absolute Gasteiger partial charge is 0.329 e. The standard InChI is InChI=1S/C13H23N3O4/c1-12(2,3)15-9(17)8-14-11(20)16-7-5-6-13(16,4)10(18)19/h5-8H2,1-4H3,(H,14,20)(H,15,17)(H,18,19). The minimum atomic E-state index is -1.19. The molecule has 7 nitrogen and oxygen atoms in total. The Hall–Kier alpha value is -1.79. The Balaban J connectivity index is 2.55. The molecule has 1 aliphatic heterocycles. The van der Waals surface area contributed by atoms with Crippen molar-refractivity contribution in [3.05, 3.63) is 0 Å². The van der Waals surface area contributed by atoms with E-state index in [0.29, 0.717) is 19.4 Å². The van der Waals surface area contributed by atoms with Gasteiger partial charge in [-0.2, -0.15) is 0 Å². The molecule has 0 saturated carbocycles. The molecule has 0 radical (unpaired) electrons. The Kier molecular flexibility index (Phi) is 4.62. The molecule has 0 aliphatic carbocycles. The Morgan fingerprint density at radius 1 is 1.30 bits per heavy atom. The van der Waals surface area contributed by atoms with Gasteiger partial charge in [0.2, 0.25) is 5.91 Å². The number of carboxylic acid groups (broad SMARTS) is 1. The molecule has 0 aromatic heterocycles. The molecule has 1 heterocycles. The molecule has 7 heteroatoms. The molecule has 3 N–H and O–H groups in total. The van der Waals surface area contributed by atoms with Crippen LogP contribution in [0, 0.1) is 0 Å². The van der Waals surface area contributed by atoms with Gasteiger partial charge < -0.3 is 20.6 Å². The first kappa shape index (κ1) is 16.3. The summed E-state index contributed by atoms with van der Waals surface area (Å²) in [6.07, 6.45) is 1.06. The molecular formula is C13H23N3O4. The van der Waals surface area contributed by atoms with E-state index in [-0.39, 0.29) is 18.0 Å². The van der Waals surface area contributed by atoms with E-state index in [0.717, 1.165) is 0 Å². The van der Waals surface area contributed by atoms with E-state index in [1.54, 1.807) is 0 Å². The van der Waals surface area contributed by atoms with Crippen molar-refractivity contribution in [1.82, 2.24) is 15.5 Å². The van der Waals surface area contributed by atoms with Crippen molar-refractivity contribution in [2.75, 3.05) is 13.1 Å². The number of rotatable bonds is 3. The molecule has 1 aliphatic rings. The highest BCUT2D eigenvalue weighted by molar-refractivity contribution is 5.89. The third-order valence-electron chi connectivity index (χ3n) is 3.26. The number of urea groups is 1. The van der Waals surface area contributed by atoms with Gasteiger partial charge in [0.1, 0.15) is 5.54 Å². The van der Waals surface area contributed by atoms with E-state index in [1.807, 2.05) is 20.8 Å². The topological polar surface area (TPSA) is 98.7 Å². The number of likely N-dealkylation sites (tertiary alicyclic amines) is 1. The molecule has 0 spiro atoms. The van der Waals surface area contributed by atoms with Crippen LogP contribution < -0.4 is 10.6 Å². The van der Waals surface area contributed by atoms with E-state index in [2.05, 4.69) is 10.6 Å². The Labute approximate surface area is 118 Å². The second kappa shape index (κ2) is 5.68. The van der Waals surface area contributed by atoms with Gasteiger partial charge in [-0.1, -0.05) is 0 Å². The second-order valence-electron chi connectivity index (χ2n) is 6.29. The first-order chi connectivity index (χ1) is 9.06. The minimum absolute atomic E-state index is 0.164. The van der Waals surface area contributed by atoms with Crippen LogP contribution in [0.2, 0.25) is 0 Å². The molecule has 20 heavy (non-hydrogen) atoms. The van der Waals surface area contributed by atoms with E-state index < -0.39 is 17.5 Å². The van der Waals surface area contributed by atoms with Crippen LogP contribution in [-0.2, 0) is 9.59 Å². The Morgan fingerprint density at radius 3 is 2.40 bits per heavy atom. The second-order valence-corrected chi connectivity index (χ2v) is 6.29. The highest BCUT2D eigenvalue weighted by atomic mass is 16.4. The number of nitrogens with one attached hydrogen (secondary N) is 2. The number of carbonyl (C=O) groups excluding carboxylic acids is 2. The summed E-state index contributed by atoms with van der Waals surface area (Å²) in [5.74, 6) is -1.33. The normalized spacial score (nSPS) is 22.5. The van der Waals surface area contributed by atoms with E-state index in [1.165, 1.54) is 11.8 Å². The molecule has 0 aromatic rings. The van der Waals surface area contributed by atoms with Gasteiger partial charge in [0, 0.05) is 12.1 Å². The fourth-order valence-electron chi connectivity index (χ4n) is 2.22. The fourth-order valence-corrected chi connectivity index (χ4v) is 2.22. The van der Waals surface area contributed by atoms with Crippen molar-refractivity contribution in [3.8, 4) is 0 Å². The predicted octanol–water partition coefficient (Wildman–Crippen LogP) is 0.550. The number of carboxylic acids is 1. The third kappa shape index (κ3) is 3.85. The molecule has 1 rings (SSSR count). The van der Waals surface area contributed by atoms with E-state index in [4.69, 9.17) is 0 Å². The molecule has 1 atom stereocenters. The zero-order chi connectivity index (χ0) is 15.6. The highest BCUT2D eigenvalue weighted by Gasteiger charge is 2.45. The number of nitrogens with zero attached hydrogens (tertiary/aromatic N) is 1. The SMILES string of the molecule is CC(C)(C)NC(=O)CNC(=O)N1CCCC1(C)C(=O)O. The number of aliphatic carboxylic acids is 1. The van der Waals surface area contributed by atoms with Gasteiger partial charge in [-0.15, -0.1) is 0 Å². The summed E-state index contributed by atoms with van der Waals surface area (Å²) >= 11 is 0. The number of amides is 3. The first-order valence-electron chi connectivity index (χ1n) is 6.66. The first-order valence-corrected chi connectivity index (χ1v) is 6.66. The number of carbonyl (C=O) groups is 3. The van der Waals surface area contributed by atoms with Crippen molar-refractivity contribution < 1.29 is 19.5 Å². The van der Waals surface area contributed by atoms with Crippen molar-refractivity contribution in [3.63, 3.8) is 0 Å². The van der Waals surface area contributed by atoms with Gasteiger partial charge in [0.05, 0.1) is 6.54 Å². The van der Waals surface area contributed by atoms with E-state index in [9.17, 15) is 19.5 Å². The maximum Gasteiger partial charge on any atom is 0.329 e. The quantitative estimate of drug-likeness (QED) is 0.705. The molecule has 114 valence electrons. The van der Waals surface area contributed by atoms with Crippen LogP contribution in [0.3, 0.4) is 0 Å². The van der Waals surface area contributed by atoms with Crippen LogP contribution in [0.5, 0.6) is 0 Å². The molecule has 3 amide bonds. The van der Waals surface area contributed by atoms with Gasteiger partial charge in [-0.05, 0) is 40.5 Å². The molecular weight excluding hydrogens is 262 g/mol. The predicted molar refractivity (Wildman–Crippen MR) is 73.3 cm³/mol. The summed E-state index contributed by atoms with van der Waals surface area (Å²) in [5.41, 5.74) is -1.56. The largest absolute Gasteiger partial charge is 0.480 e. The van der Waals surface area contributed by atoms with Gasteiger partial charge in [0.15, 0.2) is 0 Å². The van der Waals surface area contributed by atoms with Crippen LogP contribution in [0.1, 0.15) is 40.5 Å². The van der Waals surface area contributed by atoms with Crippen molar-refractivity contribution in [2.45, 2.75) is 51.6 Å². The summed E-state index contributed by atoms with van der Waals surface area (Å²) in [4.78, 5) is 36.2. The maximum atomic E-state index is 12.0. The lowest BCUT2D eigenvalue weighted by Gasteiger charge is -2.31.